The summed E-state index contributed by atoms with van der Waals surface area (Å²) in [6.45, 7) is 4.55. The summed E-state index contributed by atoms with van der Waals surface area (Å²) in [6, 6.07) is 5.36. The molecule has 0 radical (unpaired) electrons. The lowest BCUT2D eigenvalue weighted by Crippen LogP contribution is -2.29. The highest BCUT2D eigenvalue weighted by Gasteiger charge is 2.32. The quantitative estimate of drug-likeness (QED) is 0.695. The summed E-state index contributed by atoms with van der Waals surface area (Å²) < 4.78 is 13.2. The van der Waals surface area contributed by atoms with Crippen molar-refractivity contribution >= 4 is 0 Å². The number of halogens is 1. The highest BCUT2D eigenvalue weighted by molar-refractivity contribution is 5.31. The molecule has 17 heavy (non-hydrogen) atoms. The minimum absolute atomic E-state index is 0.0813. The van der Waals surface area contributed by atoms with Crippen molar-refractivity contribution in [3.63, 3.8) is 0 Å². The fourth-order valence-electron chi connectivity index (χ4n) is 3.50. The predicted molar refractivity (Wildman–Crippen MR) is 70.7 cm³/mol. The van der Waals surface area contributed by atoms with Crippen molar-refractivity contribution in [1.29, 1.82) is 0 Å². The highest BCUT2D eigenvalue weighted by atomic mass is 19.1. The van der Waals surface area contributed by atoms with E-state index in [1.165, 1.54) is 43.2 Å². The molecule has 0 fully saturated rings. The molecule has 0 bridgehead atoms. The second-order valence-corrected chi connectivity index (χ2v) is 5.59. The number of aryl methyl sites for hydroxylation is 1. The molecule has 0 spiro atoms. The van der Waals surface area contributed by atoms with E-state index in [2.05, 4.69) is 13.8 Å². The van der Waals surface area contributed by atoms with Crippen LogP contribution in [-0.4, -0.2) is 0 Å². The molecule has 94 valence electrons. The molecule has 0 saturated heterocycles. The minimum atomic E-state index is -0.0813. The van der Waals surface area contributed by atoms with Gasteiger partial charge in [0.1, 0.15) is 5.82 Å². The van der Waals surface area contributed by atoms with Gasteiger partial charge in [0.15, 0.2) is 0 Å². The molecule has 0 aliphatic heterocycles. The number of rotatable bonds is 4. The molecule has 1 aromatic rings. The molecule has 0 nitrogen and oxygen atoms in total. The Morgan fingerprint density at radius 2 is 1.82 bits per heavy atom. The average Bonchev–Trinajstić information content (AvgIpc) is 2.30. The van der Waals surface area contributed by atoms with Crippen molar-refractivity contribution in [2.45, 2.75) is 58.8 Å². The van der Waals surface area contributed by atoms with E-state index in [0.717, 1.165) is 12.8 Å². The van der Waals surface area contributed by atoms with Crippen LogP contribution in [0.25, 0.3) is 0 Å². The molecule has 0 atom stereocenters. The summed E-state index contributed by atoms with van der Waals surface area (Å²) >= 11 is 0. The highest BCUT2D eigenvalue weighted by Crippen LogP contribution is 2.42. The second kappa shape index (κ2) is 5.20. The molecule has 0 aromatic heterocycles. The van der Waals surface area contributed by atoms with E-state index in [1.54, 1.807) is 12.1 Å². The van der Waals surface area contributed by atoms with Crippen molar-refractivity contribution in [3.05, 3.63) is 35.1 Å². The van der Waals surface area contributed by atoms with Gasteiger partial charge in [-0.05, 0) is 60.8 Å². The van der Waals surface area contributed by atoms with Gasteiger partial charge in [-0.3, -0.25) is 0 Å². The van der Waals surface area contributed by atoms with Crippen LogP contribution in [0.15, 0.2) is 18.2 Å². The molecule has 1 heteroatoms. The molecule has 1 aliphatic carbocycles. The first kappa shape index (κ1) is 12.6. The summed E-state index contributed by atoms with van der Waals surface area (Å²) in [5.74, 6) is -0.0813. The van der Waals surface area contributed by atoms with E-state index in [1.807, 2.05) is 6.07 Å². The summed E-state index contributed by atoms with van der Waals surface area (Å²) in [5, 5.41) is 0. The van der Waals surface area contributed by atoms with E-state index in [-0.39, 0.29) is 5.82 Å². The van der Waals surface area contributed by atoms with Crippen LogP contribution in [0.5, 0.6) is 0 Å². The molecular formula is C16H23F. The monoisotopic (exact) mass is 234 g/mol. The maximum Gasteiger partial charge on any atom is 0.123 e. The van der Waals surface area contributed by atoms with Gasteiger partial charge in [0.2, 0.25) is 0 Å². The molecule has 2 rings (SSSR count). The normalized spacial score (nSPS) is 17.8. The zero-order chi connectivity index (χ0) is 12.3. The Hall–Kier alpha value is -0.850. The molecule has 0 heterocycles. The smallest absolute Gasteiger partial charge is 0.123 e. The second-order valence-electron chi connectivity index (χ2n) is 5.59. The van der Waals surface area contributed by atoms with Gasteiger partial charge < -0.3 is 0 Å². The standard InChI is InChI=1S/C16H23F/c1-3-8-16(9-4-2)10-7-13-11-15(17)6-5-14(13)12-16/h5-6,11H,3-4,7-10,12H2,1-2H3. The topological polar surface area (TPSA) is 0 Å². The molecule has 1 aromatic carbocycles. The maximum absolute atomic E-state index is 13.2. The predicted octanol–water partition coefficient (Wildman–Crippen LogP) is 4.90. The Kier molecular flexibility index (Phi) is 3.86. The van der Waals surface area contributed by atoms with Crippen molar-refractivity contribution in [1.82, 2.24) is 0 Å². The molecule has 0 unspecified atom stereocenters. The third-order valence-corrected chi connectivity index (χ3v) is 4.22. The molecular weight excluding hydrogens is 211 g/mol. The number of hydrogen-bond donors (Lipinski definition) is 0. The lowest BCUT2D eigenvalue weighted by Gasteiger charge is -2.38. The average molecular weight is 234 g/mol. The van der Waals surface area contributed by atoms with Crippen molar-refractivity contribution in [2.24, 2.45) is 5.41 Å². The Morgan fingerprint density at radius 3 is 2.47 bits per heavy atom. The first-order valence-electron chi connectivity index (χ1n) is 6.96. The number of fused-ring (bicyclic) bond motifs is 1. The van der Waals surface area contributed by atoms with Crippen LogP contribution in [0.4, 0.5) is 4.39 Å². The Bertz CT molecular complexity index is 375. The Labute approximate surface area is 104 Å². The van der Waals surface area contributed by atoms with Crippen LogP contribution < -0.4 is 0 Å². The van der Waals surface area contributed by atoms with Crippen molar-refractivity contribution in [3.8, 4) is 0 Å². The van der Waals surface area contributed by atoms with Gasteiger partial charge in [-0.15, -0.1) is 0 Å². The van der Waals surface area contributed by atoms with Gasteiger partial charge in [-0.2, -0.15) is 0 Å². The number of benzene rings is 1. The summed E-state index contributed by atoms with van der Waals surface area (Å²) in [7, 11) is 0. The fraction of sp³-hybridized carbons (Fsp3) is 0.625. The SMILES string of the molecule is CCCC1(CCC)CCc2cc(F)ccc2C1. The van der Waals surface area contributed by atoms with Crippen LogP contribution in [0.2, 0.25) is 0 Å². The summed E-state index contributed by atoms with van der Waals surface area (Å²) in [6.07, 6.45) is 8.62. The zero-order valence-electron chi connectivity index (χ0n) is 11.1. The van der Waals surface area contributed by atoms with Gasteiger partial charge in [-0.1, -0.05) is 32.8 Å². The third-order valence-electron chi connectivity index (χ3n) is 4.22. The van der Waals surface area contributed by atoms with Gasteiger partial charge in [0, 0.05) is 0 Å². The maximum atomic E-state index is 13.2. The molecule has 1 aliphatic rings. The lowest BCUT2D eigenvalue weighted by atomic mass is 9.67. The zero-order valence-corrected chi connectivity index (χ0v) is 11.1. The Morgan fingerprint density at radius 1 is 1.12 bits per heavy atom. The van der Waals surface area contributed by atoms with Crippen LogP contribution in [-0.2, 0) is 12.8 Å². The third kappa shape index (κ3) is 2.70. The molecule has 0 saturated carbocycles. The first-order valence-corrected chi connectivity index (χ1v) is 6.96. The van der Waals surface area contributed by atoms with Crippen molar-refractivity contribution in [2.75, 3.05) is 0 Å². The number of hydrogen-bond acceptors (Lipinski definition) is 0. The summed E-state index contributed by atoms with van der Waals surface area (Å²) in [4.78, 5) is 0. The van der Waals surface area contributed by atoms with E-state index in [9.17, 15) is 4.39 Å². The largest absolute Gasteiger partial charge is 0.207 e. The Balaban J connectivity index is 2.23. The lowest BCUT2D eigenvalue weighted by molar-refractivity contribution is 0.200. The van der Waals surface area contributed by atoms with E-state index in [0.29, 0.717) is 5.41 Å². The summed E-state index contributed by atoms with van der Waals surface area (Å²) in [5.41, 5.74) is 3.13. The fourth-order valence-corrected chi connectivity index (χ4v) is 3.50. The first-order chi connectivity index (χ1) is 8.19. The van der Waals surface area contributed by atoms with Gasteiger partial charge in [-0.25, -0.2) is 4.39 Å². The van der Waals surface area contributed by atoms with Gasteiger partial charge in [0.05, 0.1) is 0 Å². The van der Waals surface area contributed by atoms with Gasteiger partial charge in [0.25, 0.3) is 0 Å². The minimum Gasteiger partial charge on any atom is -0.207 e. The van der Waals surface area contributed by atoms with Crippen LogP contribution in [0.3, 0.4) is 0 Å². The van der Waals surface area contributed by atoms with Crippen LogP contribution >= 0.6 is 0 Å². The van der Waals surface area contributed by atoms with Crippen molar-refractivity contribution < 1.29 is 4.39 Å². The van der Waals surface area contributed by atoms with Gasteiger partial charge >= 0.3 is 0 Å². The van der Waals surface area contributed by atoms with Crippen LogP contribution in [0, 0.1) is 11.2 Å². The molecule has 0 amide bonds. The van der Waals surface area contributed by atoms with Crippen LogP contribution in [0.1, 0.15) is 57.1 Å². The van der Waals surface area contributed by atoms with E-state index < -0.39 is 0 Å². The molecule has 0 N–H and O–H groups in total. The van der Waals surface area contributed by atoms with E-state index >= 15 is 0 Å². The van der Waals surface area contributed by atoms with E-state index in [4.69, 9.17) is 0 Å².